The van der Waals surface area contributed by atoms with Crippen LogP contribution in [0.4, 0.5) is 0 Å². The topological polar surface area (TPSA) is 27.0 Å². The second-order valence-electron chi connectivity index (χ2n) is 3.46. The van der Waals surface area contributed by atoms with Crippen molar-refractivity contribution in [2.24, 2.45) is 11.8 Å². The molecule has 0 aromatic carbocycles. The second kappa shape index (κ2) is 2.16. The van der Waals surface area contributed by atoms with Gasteiger partial charge in [0.2, 0.25) is 0 Å². The molecule has 1 saturated carbocycles. The number of fused-ring (bicyclic) bond motifs is 1. The first-order valence-corrected chi connectivity index (χ1v) is 4.05. The Balaban J connectivity index is 2.01. The van der Waals surface area contributed by atoms with Crippen molar-refractivity contribution in [1.29, 1.82) is 5.26 Å². The zero-order chi connectivity index (χ0) is 6.97. The second-order valence-corrected chi connectivity index (χ2v) is 3.46. The Bertz CT molecular complexity index is 159. The van der Waals surface area contributed by atoms with Crippen molar-refractivity contribution in [2.75, 3.05) is 13.1 Å². The maximum atomic E-state index is 8.60. The first kappa shape index (κ1) is 6.03. The van der Waals surface area contributed by atoms with Gasteiger partial charge in [0, 0.05) is 13.1 Å². The van der Waals surface area contributed by atoms with Crippen LogP contribution in [0.5, 0.6) is 0 Å². The Morgan fingerprint density at radius 3 is 2.30 bits per heavy atom. The van der Waals surface area contributed by atoms with Crippen LogP contribution in [0.1, 0.15) is 19.3 Å². The molecule has 2 heteroatoms. The van der Waals surface area contributed by atoms with Gasteiger partial charge in [0.1, 0.15) is 0 Å². The summed E-state index contributed by atoms with van der Waals surface area (Å²) in [5.74, 6) is 1.72. The number of nitrogens with zero attached hydrogens (tertiary/aromatic N) is 2. The minimum atomic E-state index is 0.861. The molecule has 10 heavy (non-hydrogen) atoms. The van der Waals surface area contributed by atoms with Crippen molar-refractivity contribution in [2.45, 2.75) is 19.3 Å². The fraction of sp³-hybridized carbons (Fsp3) is 0.875. The molecule has 1 heterocycles. The van der Waals surface area contributed by atoms with E-state index in [2.05, 4.69) is 6.19 Å². The average molecular weight is 136 g/mol. The predicted octanol–water partition coefficient (Wildman–Crippen LogP) is 1.20. The highest BCUT2D eigenvalue weighted by Gasteiger charge is 2.35. The molecule has 2 fully saturated rings. The van der Waals surface area contributed by atoms with Crippen LogP contribution in [0.15, 0.2) is 0 Å². The van der Waals surface area contributed by atoms with Gasteiger partial charge in [0.15, 0.2) is 6.19 Å². The van der Waals surface area contributed by atoms with Crippen LogP contribution < -0.4 is 0 Å². The maximum Gasteiger partial charge on any atom is 0.179 e. The molecule has 1 aliphatic heterocycles. The highest BCUT2D eigenvalue weighted by molar-refractivity contribution is 4.93. The lowest BCUT2D eigenvalue weighted by molar-refractivity contribution is 0.438. The van der Waals surface area contributed by atoms with E-state index in [1.807, 2.05) is 4.90 Å². The number of nitriles is 1. The average Bonchev–Trinajstić information content (AvgIpc) is 2.42. The summed E-state index contributed by atoms with van der Waals surface area (Å²) in [6.07, 6.45) is 6.35. The molecule has 1 saturated heterocycles. The number of likely N-dealkylation sites (tertiary alicyclic amines) is 1. The van der Waals surface area contributed by atoms with E-state index in [0.717, 1.165) is 24.9 Å². The van der Waals surface area contributed by atoms with Crippen LogP contribution in [-0.4, -0.2) is 18.0 Å². The summed E-state index contributed by atoms with van der Waals surface area (Å²) >= 11 is 0. The van der Waals surface area contributed by atoms with Gasteiger partial charge in [-0.3, -0.25) is 0 Å². The van der Waals surface area contributed by atoms with Gasteiger partial charge in [-0.25, -0.2) is 0 Å². The standard InChI is InChI=1S/C8H12N2/c9-6-10-4-7-2-1-3-8(7)5-10/h7-8H,1-5H2/t7-,8+. The van der Waals surface area contributed by atoms with Gasteiger partial charge in [-0.15, -0.1) is 0 Å². The SMILES string of the molecule is N#CN1C[C@H]2CCC[C@H]2C1. The van der Waals surface area contributed by atoms with Crippen molar-refractivity contribution in [3.05, 3.63) is 0 Å². The van der Waals surface area contributed by atoms with Crippen molar-refractivity contribution < 1.29 is 0 Å². The Kier molecular flexibility index (Phi) is 1.30. The van der Waals surface area contributed by atoms with Crippen molar-refractivity contribution in [3.8, 4) is 6.19 Å². The summed E-state index contributed by atoms with van der Waals surface area (Å²) in [6.45, 7) is 2.09. The smallest absolute Gasteiger partial charge is 0.179 e. The van der Waals surface area contributed by atoms with E-state index in [1.54, 1.807) is 0 Å². The normalized spacial score (nSPS) is 37.7. The van der Waals surface area contributed by atoms with E-state index < -0.39 is 0 Å². The quantitative estimate of drug-likeness (QED) is 0.468. The third kappa shape index (κ3) is 0.775. The van der Waals surface area contributed by atoms with Crippen molar-refractivity contribution >= 4 is 0 Å². The van der Waals surface area contributed by atoms with Gasteiger partial charge < -0.3 is 4.90 Å². The van der Waals surface area contributed by atoms with Crippen LogP contribution in [-0.2, 0) is 0 Å². The molecule has 0 amide bonds. The lowest BCUT2D eigenvalue weighted by Gasteiger charge is -2.05. The van der Waals surface area contributed by atoms with Gasteiger partial charge in [-0.2, -0.15) is 5.26 Å². The summed E-state index contributed by atoms with van der Waals surface area (Å²) in [5, 5.41) is 8.60. The third-order valence-corrected chi connectivity index (χ3v) is 2.87. The largest absolute Gasteiger partial charge is 0.310 e. The Labute approximate surface area is 61.4 Å². The van der Waals surface area contributed by atoms with E-state index in [4.69, 9.17) is 5.26 Å². The first-order chi connectivity index (χ1) is 4.90. The minimum Gasteiger partial charge on any atom is -0.310 e. The molecule has 2 aliphatic rings. The van der Waals surface area contributed by atoms with Gasteiger partial charge in [0.05, 0.1) is 0 Å². The van der Waals surface area contributed by atoms with Crippen LogP contribution in [0.25, 0.3) is 0 Å². The molecule has 1 aliphatic carbocycles. The molecule has 0 unspecified atom stereocenters. The molecule has 2 atom stereocenters. The van der Waals surface area contributed by atoms with Crippen LogP contribution in [0.3, 0.4) is 0 Å². The molecule has 0 aromatic heterocycles. The van der Waals surface area contributed by atoms with Crippen molar-refractivity contribution in [3.63, 3.8) is 0 Å². The van der Waals surface area contributed by atoms with Crippen LogP contribution in [0, 0.1) is 23.3 Å². The molecule has 0 spiro atoms. The summed E-state index contributed by atoms with van der Waals surface area (Å²) < 4.78 is 0. The summed E-state index contributed by atoms with van der Waals surface area (Å²) in [5.41, 5.74) is 0. The lowest BCUT2D eigenvalue weighted by atomic mass is 10.0. The van der Waals surface area contributed by atoms with E-state index >= 15 is 0 Å². The zero-order valence-corrected chi connectivity index (χ0v) is 6.08. The van der Waals surface area contributed by atoms with E-state index in [9.17, 15) is 0 Å². The van der Waals surface area contributed by atoms with Crippen LogP contribution >= 0.6 is 0 Å². The monoisotopic (exact) mass is 136 g/mol. The summed E-state index contributed by atoms with van der Waals surface area (Å²) in [7, 11) is 0. The summed E-state index contributed by atoms with van der Waals surface area (Å²) in [6, 6.07) is 0. The molecule has 2 nitrogen and oxygen atoms in total. The Morgan fingerprint density at radius 2 is 1.80 bits per heavy atom. The zero-order valence-electron chi connectivity index (χ0n) is 6.08. The van der Waals surface area contributed by atoms with E-state index in [0.29, 0.717) is 0 Å². The fourth-order valence-corrected chi connectivity index (χ4v) is 2.32. The maximum absolute atomic E-state index is 8.60. The van der Waals surface area contributed by atoms with Crippen molar-refractivity contribution in [1.82, 2.24) is 4.90 Å². The molecule has 0 radical (unpaired) electrons. The van der Waals surface area contributed by atoms with Gasteiger partial charge in [-0.05, 0) is 24.7 Å². The third-order valence-electron chi connectivity index (χ3n) is 2.87. The number of rotatable bonds is 0. The highest BCUT2D eigenvalue weighted by Crippen LogP contribution is 2.37. The molecular formula is C8H12N2. The highest BCUT2D eigenvalue weighted by atomic mass is 15.1. The van der Waals surface area contributed by atoms with Gasteiger partial charge in [-0.1, -0.05) is 6.42 Å². The molecule has 0 bridgehead atoms. The molecule has 54 valence electrons. The summed E-state index contributed by atoms with van der Waals surface area (Å²) in [4.78, 5) is 1.91. The van der Waals surface area contributed by atoms with Crippen LogP contribution in [0.2, 0.25) is 0 Å². The molecular weight excluding hydrogens is 124 g/mol. The number of hydrogen-bond donors (Lipinski definition) is 0. The first-order valence-electron chi connectivity index (χ1n) is 4.05. The minimum absolute atomic E-state index is 0.861. The fourth-order valence-electron chi connectivity index (χ4n) is 2.32. The lowest BCUT2D eigenvalue weighted by Crippen LogP contribution is -2.14. The Morgan fingerprint density at radius 1 is 1.20 bits per heavy atom. The van der Waals surface area contributed by atoms with E-state index in [-0.39, 0.29) is 0 Å². The molecule has 0 aromatic rings. The number of hydrogen-bond acceptors (Lipinski definition) is 2. The Hall–Kier alpha value is -0.710. The van der Waals surface area contributed by atoms with E-state index in [1.165, 1.54) is 19.3 Å². The predicted molar refractivity (Wildman–Crippen MR) is 38.0 cm³/mol. The van der Waals surface area contributed by atoms with Gasteiger partial charge in [0.25, 0.3) is 0 Å². The molecule has 2 rings (SSSR count). The van der Waals surface area contributed by atoms with Gasteiger partial charge >= 0.3 is 0 Å². The molecule has 0 N–H and O–H groups in total.